The van der Waals surface area contributed by atoms with E-state index in [-0.39, 0.29) is 6.10 Å². The highest BCUT2D eigenvalue weighted by atomic mass is 16.5. The molecule has 2 fully saturated rings. The Bertz CT molecular complexity index is 855. The molecule has 1 atom stereocenters. The van der Waals surface area contributed by atoms with Gasteiger partial charge >= 0.3 is 0 Å². The van der Waals surface area contributed by atoms with E-state index in [2.05, 4.69) is 61.4 Å². The van der Waals surface area contributed by atoms with Gasteiger partial charge < -0.3 is 19.9 Å². The van der Waals surface area contributed by atoms with Crippen molar-refractivity contribution >= 4 is 5.96 Å². The number of aliphatic imine (C=N–C) groups is 1. The van der Waals surface area contributed by atoms with Crippen LogP contribution in [0, 0.1) is 0 Å². The highest BCUT2D eigenvalue weighted by molar-refractivity contribution is 5.80. The summed E-state index contributed by atoms with van der Waals surface area (Å²) in [7, 11) is 5.97. The maximum Gasteiger partial charge on any atom is 0.194 e. The van der Waals surface area contributed by atoms with Crippen molar-refractivity contribution in [3.63, 3.8) is 0 Å². The normalized spacial score (nSPS) is 21.5. The van der Waals surface area contributed by atoms with Crippen LogP contribution in [0.15, 0.2) is 41.7 Å². The highest BCUT2D eigenvalue weighted by Gasteiger charge is 2.25. The number of rotatable bonds is 5. The molecule has 0 amide bonds. The first-order valence-corrected chi connectivity index (χ1v) is 11.1. The van der Waals surface area contributed by atoms with Gasteiger partial charge in [-0.25, -0.2) is 0 Å². The first-order chi connectivity index (χ1) is 15.1. The topological polar surface area (TPSA) is 61.2 Å². The van der Waals surface area contributed by atoms with Gasteiger partial charge in [0.2, 0.25) is 0 Å². The van der Waals surface area contributed by atoms with E-state index in [1.165, 1.54) is 11.1 Å². The molecule has 1 aromatic heterocycles. The Morgan fingerprint density at radius 1 is 1.10 bits per heavy atom. The fourth-order valence-electron chi connectivity index (χ4n) is 4.19. The van der Waals surface area contributed by atoms with E-state index in [1.807, 2.05) is 31.2 Å². The lowest BCUT2D eigenvalue weighted by molar-refractivity contribution is -0.00805. The number of nitrogens with one attached hydrogen (secondary N) is 1. The number of piperazine rings is 1. The molecule has 0 saturated carbocycles. The second-order valence-electron chi connectivity index (χ2n) is 8.55. The fourth-order valence-corrected chi connectivity index (χ4v) is 4.19. The minimum Gasteiger partial charge on any atom is -0.370 e. The molecule has 0 bridgehead atoms. The van der Waals surface area contributed by atoms with E-state index in [0.29, 0.717) is 6.61 Å². The molecule has 2 aliphatic rings. The summed E-state index contributed by atoms with van der Waals surface area (Å²) >= 11 is 0. The van der Waals surface area contributed by atoms with Crippen molar-refractivity contribution in [3.05, 3.63) is 53.3 Å². The number of hydrogen-bond acceptors (Lipinski definition) is 5. The number of aryl methyl sites for hydroxylation is 1. The number of nitrogens with zero attached hydrogens (tertiary/aromatic N) is 6. The van der Waals surface area contributed by atoms with Gasteiger partial charge in [0.05, 0.1) is 19.3 Å². The average Bonchev–Trinajstić information content (AvgIpc) is 3.23. The van der Waals surface area contributed by atoms with Gasteiger partial charge in [0.1, 0.15) is 6.10 Å². The predicted octanol–water partition coefficient (Wildman–Crippen LogP) is 1.32. The summed E-state index contributed by atoms with van der Waals surface area (Å²) in [4.78, 5) is 11.7. The number of hydrogen-bond donors (Lipinski definition) is 1. The van der Waals surface area contributed by atoms with Crippen LogP contribution in [-0.4, -0.2) is 90.4 Å². The van der Waals surface area contributed by atoms with Gasteiger partial charge in [0, 0.05) is 71.7 Å². The van der Waals surface area contributed by atoms with Crippen LogP contribution in [-0.2, 0) is 24.9 Å². The monoisotopic (exact) mass is 425 g/mol. The number of likely N-dealkylation sites (N-methyl/N-ethyl adjacent to an activating group) is 1. The van der Waals surface area contributed by atoms with E-state index in [9.17, 15) is 0 Å². The second-order valence-corrected chi connectivity index (χ2v) is 8.55. The summed E-state index contributed by atoms with van der Waals surface area (Å²) in [6.45, 7) is 8.69. The molecule has 0 radical (unpaired) electrons. The zero-order valence-corrected chi connectivity index (χ0v) is 19.0. The lowest BCUT2D eigenvalue weighted by Crippen LogP contribution is -2.47. The molecular formula is C23H35N7O. The first kappa shape index (κ1) is 21.8. The molecule has 2 saturated heterocycles. The Morgan fingerprint density at radius 2 is 1.84 bits per heavy atom. The number of morpholine rings is 1. The summed E-state index contributed by atoms with van der Waals surface area (Å²) in [6, 6.07) is 8.96. The van der Waals surface area contributed by atoms with E-state index < -0.39 is 0 Å². The molecule has 0 spiro atoms. The maximum absolute atomic E-state index is 5.96. The smallest absolute Gasteiger partial charge is 0.194 e. The summed E-state index contributed by atoms with van der Waals surface area (Å²) < 4.78 is 7.78. The van der Waals surface area contributed by atoms with Gasteiger partial charge in [-0.2, -0.15) is 5.10 Å². The van der Waals surface area contributed by atoms with Crippen molar-refractivity contribution in [2.75, 3.05) is 60.0 Å². The van der Waals surface area contributed by atoms with E-state index >= 15 is 0 Å². The number of guanidine groups is 1. The lowest BCUT2D eigenvalue weighted by Gasteiger charge is -2.34. The van der Waals surface area contributed by atoms with Crippen molar-refractivity contribution in [2.45, 2.75) is 19.2 Å². The van der Waals surface area contributed by atoms with Crippen LogP contribution in [0.25, 0.3) is 0 Å². The van der Waals surface area contributed by atoms with Crippen LogP contribution in [0.4, 0.5) is 0 Å². The van der Waals surface area contributed by atoms with Crippen LogP contribution >= 0.6 is 0 Å². The standard InChI is InChI=1S/C23H35N7O/c1-24-23(30-12-13-31-22(18-30)21-15-26-28(3)17-21)25-14-19-4-6-20(7-5-19)16-29-10-8-27(2)9-11-29/h4-7,15,17,22H,8-14,16,18H2,1-3H3,(H,24,25). The predicted molar refractivity (Wildman–Crippen MR) is 123 cm³/mol. The Hall–Kier alpha value is -2.42. The molecular weight excluding hydrogens is 390 g/mol. The van der Waals surface area contributed by atoms with Crippen molar-refractivity contribution in [1.29, 1.82) is 0 Å². The van der Waals surface area contributed by atoms with Crippen LogP contribution in [0.5, 0.6) is 0 Å². The summed E-state index contributed by atoms with van der Waals surface area (Å²) in [5.74, 6) is 0.915. The average molecular weight is 426 g/mol. The minimum atomic E-state index is 0.0230. The molecule has 8 heteroatoms. The SMILES string of the molecule is CN=C(NCc1ccc(CN2CCN(C)CC2)cc1)N1CCOC(c2cnn(C)c2)C1. The molecule has 3 heterocycles. The number of benzene rings is 1. The first-order valence-electron chi connectivity index (χ1n) is 11.1. The summed E-state index contributed by atoms with van der Waals surface area (Å²) in [5, 5.41) is 7.79. The Balaban J connectivity index is 1.28. The molecule has 1 unspecified atom stereocenters. The van der Waals surface area contributed by atoms with E-state index in [0.717, 1.165) is 63.9 Å². The third-order valence-corrected chi connectivity index (χ3v) is 6.15. The van der Waals surface area contributed by atoms with Gasteiger partial charge in [0.25, 0.3) is 0 Å². The van der Waals surface area contributed by atoms with Gasteiger partial charge in [-0.05, 0) is 18.2 Å². The maximum atomic E-state index is 5.96. The van der Waals surface area contributed by atoms with Crippen LogP contribution in [0.1, 0.15) is 22.8 Å². The largest absolute Gasteiger partial charge is 0.370 e. The van der Waals surface area contributed by atoms with Gasteiger partial charge in [-0.15, -0.1) is 0 Å². The molecule has 2 aromatic rings. The minimum absolute atomic E-state index is 0.0230. The molecule has 1 N–H and O–H groups in total. The Kier molecular flexibility index (Phi) is 7.21. The van der Waals surface area contributed by atoms with Gasteiger partial charge in [-0.1, -0.05) is 24.3 Å². The van der Waals surface area contributed by atoms with Crippen molar-refractivity contribution in [3.8, 4) is 0 Å². The Morgan fingerprint density at radius 3 is 2.52 bits per heavy atom. The van der Waals surface area contributed by atoms with Crippen LogP contribution in [0.3, 0.4) is 0 Å². The molecule has 1 aromatic carbocycles. The molecule has 31 heavy (non-hydrogen) atoms. The second kappa shape index (κ2) is 10.3. The lowest BCUT2D eigenvalue weighted by atomic mass is 10.1. The van der Waals surface area contributed by atoms with Crippen molar-refractivity contribution < 1.29 is 4.74 Å². The number of aromatic nitrogens is 2. The molecule has 0 aliphatic carbocycles. The summed E-state index contributed by atoms with van der Waals surface area (Å²) in [5.41, 5.74) is 3.75. The molecule has 2 aliphatic heterocycles. The molecule has 4 rings (SSSR count). The third-order valence-electron chi connectivity index (χ3n) is 6.15. The van der Waals surface area contributed by atoms with E-state index in [4.69, 9.17) is 4.74 Å². The van der Waals surface area contributed by atoms with Gasteiger partial charge in [-0.3, -0.25) is 14.6 Å². The van der Waals surface area contributed by atoms with Gasteiger partial charge in [0.15, 0.2) is 5.96 Å². The van der Waals surface area contributed by atoms with Crippen LogP contribution < -0.4 is 5.32 Å². The zero-order chi connectivity index (χ0) is 21.6. The quantitative estimate of drug-likeness (QED) is 0.576. The fraction of sp³-hybridized carbons (Fsp3) is 0.565. The highest BCUT2D eigenvalue weighted by Crippen LogP contribution is 2.21. The molecule has 8 nitrogen and oxygen atoms in total. The van der Waals surface area contributed by atoms with Crippen LogP contribution in [0.2, 0.25) is 0 Å². The van der Waals surface area contributed by atoms with Crippen molar-refractivity contribution in [1.82, 2.24) is 29.8 Å². The Labute approximate surface area is 185 Å². The van der Waals surface area contributed by atoms with Crippen molar-refractivity contribution in [2.24, 2.45) is 12.0 Å². The molecule has 168 valence electrons. The van der Waals surface area contributed by atoms with E-state index in [1.54, 1.807) is 0 Å². The zero-order valence-electron chi connectivity index (χ0n) is 19.0. The summed E-state index contributed by atoms with van der Waals surface area (Å²) in [6.07, 6.45) is 3.93. The third kappa shape index (κ3) is 5.84. The number of ether oxygens (including phenoxy) is 1.